The molecule has 1 unspecified atom stereocenters. The van der Waals surface area contributed by atoms with Crippen LogP contribution in [0.1, 0.15) is 30.6 Å². The summed E-state index contributed by atoms with van der Waals surface area (Å²) in [6, 6.07) is 3.52. The van der Waals surface area contributed by atoms with Crippen LogP contribution < -0.4 is 5.32 Å². The highest BCUT2D eigenvalue weighted by Crippen LogP contribution is 2.21. The van der Waals surface area contributed by atoms with E-state index in [-0.39, 0.29) is 22.1 Å². The summed E-state index contributed by atoms with van der Waals surface area (Å²) in [5, 5.41) is 12.0. The fourth-order valence-corrected chi connectivity index (χ4v) is 1.55. The molecule has 0 aliphatic rings. The Bertz CT molecular complexity index is 445. The summed E-state index contributed by atoms with van der Waals surface area (Å²) >= 11 is 5.83. The molecule has 4 nitrogen and oxygen atoms in total. The second-order valence-electron chi connectivity index (χ2n) is 3.68. The van der Waals surface area contributed by atoms with Gasteiger partial charge in [0.1, 0.15) is 5.75 Å². The average molecular weight is 256 g/mol. The van der Waals surface area contributed by atoms with E-state index in [0.717, 1.165) is 0 Å². The quantitative estimate of drug-likeness (QED) is 0.866. The van der Waals surface area contributed by atoms with Crippen molar-refractivity contribution in [2.24, 2.45) is 0 Å². The van der Waals surface area contributed by atoms with Crippen LogP contribution in [0.3, 0.4) is 0 Å². The molecule has 1 atom stereocenters. The van der Waals surface area contributed by atoms with Gasteiger partial charge in [-0.15, -0.1) is 0 Å². The van der Waals surface area contributed by atoms with E-state index in [1.165, 1.54) is 18.2 Å². The zero-order valence-electron chi connectivity index (χ0n) is 9.66. The summed E-state index contributed by atoms with van der Waals surface area (Å²) in [7, 11) is 0. The van der Waals surface area contributed by atoms with E-state index >= 15 is 0 Å². The molecule has 0 saturated carbocycles. The number of hydrogen-bond donors (Lipinski definition) is 2. The minimum atomic E-state index is -0.564. The second-order valence-corrected chi connectivity index (χ2v) is 4.09. The summed E-state index contributed by atoms with van der Waals surface area (Å²) in [6.45, 7) is 3.34. The Kier molecular flexibility index (Phi) is 4.52. The van der Waals surface area contributed by atoms with Gasteiger partial charge in [-0.05, 0) is 25.1 Å². The number of ketones is 1. The molecule has 1 aromatic rings. The zero-order chi connectivity index (χ0) is 13.0. The van der Waals surface area contributed by atoms with Crippen LogP contribution in [0.15, 0.2) is 18.2 Å². The Balaban J connectivity index is 2.83. The van der Waals surface area contributed by atoms with Crippen LogP contribution in [-0.4, -0.2) is 22.8 Å². The lowest BCUT2D eigenvalue weighted by Gasteiger charge is -2.12. The number of hydrogen-bond acceptors (Lipinski definition) is 3. The summed E-state index contributed by atoms with van der Waals surface area (Å²) in [5.74, 6) is -0.580. The highest BCUT2D eigenvalue weighted by Gasteiger charge is 2.17. The van der Waals surface area contributed by atoms with Gasteiger partial charge in [-0.3, -0.25) is 9.59 Å². The number of nitrogens with one attached hydrogen (secondary N) is 1. The first-order chi connectivity index (χ1) is 7.95. The third kappa shape index (κ3) is 3.46. The van der Waals surface area contributed by atoms with Gasteiger partial charge in [-0.2, -0.15) is 0 Å². The Labute approximate surface area is 105 Å². The molecular weight excluding hydrogens is 242 g/mol. The molecule has 17 heavy (non-hydrogen) atoms. The van der Waals surface area contributed by atoms with Crippen LogP contribution in [0.5, 0.6) is 5.75 Å². The summed E-state index contributed by atoms with van der Waals surface area (Å²) in [6.07, 6.45) is 0.356. The normalized spacial score (nSPS) is 11.9. The van der Waals surface area contributed by atoms with Crippen molar-refractivity contribution in [1.29, 1.82) is 0 Å². The number of carbonyl (C=O) groups is 2. The van der Waals surface area contributed by atoms with Crippen molar-refractivity contribution >= 4 is 23.3 Å². The maximum Gasteiger partial charge on any atom is 0.253 e. The van der Waals surface area contributed by atoms with Crippen molar-refractivity contribution in [2.45, 2.75) is 26.3 Å². The van der Waals surface area contributed by atoms with E-state index in [0.29, 0.717) is 6.42 Å². The van der Waals surface area contributed by atoms with E-state index in [9.17, 15) is 14.7 Å². The topological polar surface area (TPSA) is 66.4 Å². The molecule has 0 fully saturated rings. The molecule has 0 bridgehead atoms. The van der Waals surface area contributed by atoms with Crippen molar-refractivity contribution < 1.29 is 14.7 Å². The predicted octanol–water partition coefficient (Wildman–Crippen LogP) is 2.14. The van der Waals surface area contributed by atoms with E-state index in [4.69, 9.17) is 11.6 Å². The van der Waals surface area contributed by atoms with Gasteiger partial charge in [0.2, 0.25) is 0 Å². The highest BCUT2D eigenvalue weighted by atomic mass is 35.5. The van der Waals surface area contributed by atoms with E-state index in [1.54, 1.807) is 13.8 Å². The molecular formula is C12H14ClNO3. The monoisotopic (exact) mass is 255 g/mol. The van der Waals surface area contributed by atoms with Crippen molar-refractivity contribution in [3.63, 3.8) is 0 Å². The number of phenolic OH excluding ortho intramolecular Hbond substituents is 1. The zero-order valence-corrected chi connectivity index (χ0v) is 10.4. The molecule has 0 spiro atoms. The van der Waals surface area contributed by atoms with Gasteiger partial charge < -0.3 is 10.4 Å². The molecule has 0 aliphatic heterocycles. The predicted molar refractivity (Wildman–Crippen MR) is 65.3 cm³/mol. The number of aromatic hydroxyl groups is 1. The minimum absolute atomic E-state index is 0.0472. The van der Waals surface area contributed by atoms with Crippen molar-refractivity contribution in [3.05, 3.63) is 28.8 Å². The van der Waals surface area contributed by atoms with Gasteiger partial charge in [0.05, 0.1) is 16.6 Å². The number of Topliss-reactive ketones (excluding diaryl/α,β-unsaturated/α-hetero) is 1. The van der Waals surface area contributed by atoms with Crippen LogP contribution in [0.25, 0.3) is 0 Å². The van der Waals surface area contributed by atoms with Gasteiger partial charge in [0.25, 0.3) is 5.91 Å². The number of benzene rings is 1. The fraction of sp³-hybridized carbons (Fsp3) is 0.333. The molecule has 0 aromatic heterocycles. The first-order valence-electron chi connectivity index (χ1n) is 5.27. The Morgan fingerprint density at radius 3 is 2.71 bits per heavy atom. The summed E-state index contributed by atoms with van der Waals surface area (Å²) in [4.78, 5) is 23.1. The van der Waals surface area contributed by atoms with Gasteiger partial charge >= 0.3 is 0 Å². The molecule has 1 amide bonds. The first kappa shape index (κ1) is 13.5. The molecule has 2 N–H and O–H groups in total. The Morgan fingerprint density at radius 1 is 1.47 bits per heavy atom. The highest BCUT2D eigenvalue weighted by molar-refractivity contribution is 6.34. The smallest absolute Gasteiger partial charge is 0.253 e. The van der Waals surface area contributed by atoms with E-state index < -0.39 is 11.9 Å². The van der Waals surface area contributed by atoms with Gasteiger partial charge in [-0.1, -0.05) is 18.5 Å². The third-order valence-electron chi connectivity index (χ3n) is 2.37. The number of amides is 1. The SMILES string of the molecule is CCC(=O)C(C)NC(=O)c1cc(O)ccc1Cl. The maximum atomic E-state index is 11.8. The molecule has 0 radical (unpaired) electrons. The van der Waals surface area contributed by atoms with Crippen molar-refractivity contribution in [1.82, 2.24) is 5.32 Å². The Morgan fingerprint density at radius 2 is 2.12 bits per heavy atom. The van der Waals surface area contributed by atoms with Crippen LogP contribution in [0.2, 0.25) is 5.02 Å². The molecule has 0 heterocycles. The maximum absolute atomic E-state index is 11.8. The van der Waals surface area contributed by atoms with Crippen molar-refractivity contribution in [3.8, 4) is 5.75 Å². The molecule has 5 heteroatoms. The number of phenols is 1. The van der Waals surface area contributed by atoms with Crippen LogP contribution in [0, 0.1) is 0 Å². The van der Waals surface area contributed by atoms with E-state index in [2.05, 4.69) is 5.32 Å². The van der Waals surface area contributed by atoms with E-state index in [1.807, 2.05) is 0 Å². The Hall–Kier alpha value is -1.55. The average Bonchev–Trinajstić information content (AvgIpc) is 2.30. The largest absolute Gasteiger partial charge is 0.508 e. The van der Waals surface area contributed by atoms with Crippen LogP contribution >= 0.6 is 11.6 Å². The molecule has 0 aliphatic carbocycles. The minimum Gasteiger partial charge on any atom is -0.508 e. The molecule has 92 valence electrons. The standard InChI is InChI=1S/C12H14ClNO3/c1-3-11(16)7(2)14-12(17)9-6-8(15)4-5-10(9)13/h4-7,15H,3H2,1-2H3,(H,14,17). The summed E-state index contributed by atoms with van der Waals surface area (Å²) < 4.78 is 0. The van der Waals surface area contributed by atoms with Crippen LogP contribution in [0.4, 0.5) is 0 Å². The molecule has 0 saturated heterocycles. The summed E-state index contributed by atoms with van der Waals surface area (Å²) in [5.41, 5.74) is 0.155. The number of halogens is 1. The third-order valence-corrected chi connectivity index (χ3v) is 2.70. The lowest BCUT2D eigenvalue weighted by molar-refractivity contribution is -0.120. The lowest BCUT2D eigenvalue weighted by Crippen LogP contribution is -2.38. The lowest BCUT2D eigenvalue weighted by atomic mass is 10.1. The first-order valence-corrected chi connectivity index (χ1v) is 5.65. The number of rotatable bonds is 4. The van der Waals surface area contributed by atoms with Gasteiger partial charge in [0, 0.05) is 6.42 Å². The van der Waals surface area contributed by atoms with Crippen LogP contribution in [-0.2, 0) is 4.79 Å². The fourth-order valence-electron chi connectivity index (χ4n) is 1.35. The second kappa shape index (κ2) is 5.68. The molecule has 1 aromatic carbocycles. The number of carbonyl (C=O) groups excluding carboxylic acids is 2. The van der Waals surface area contributed by atoms with Crippen molar-refractivity contribution in [2.75, 3.05) is 0 Å². The molecule has 1 rings (SSSR count). The van der Waals surface area contributed by atoms with Gasteiger partial charge in [-0.25, -0.2) is 0 Å². The van der Waals surface area contributed by atoms with Gasteiger partial charge in [0.15, 0.2) is 5.78 Å².